The number of aliphatic carboxylic acids is 1. The van der Waals surface area contributed by atoms with E-state index < -0.39 is 12.0 Å². The molecular formula is C18H20FNO2. The minimum Gasteiger partial charge on any atom is -0.480 e. The minimum atomic E-state index is -0.899. The third kappa shape index (κ3) is 4.67. The van der Waals surface area contributed by atoms with Crippen molar-refractivity contribution in [2.45, 2.75) is 31.8 Å². The number of nitrogens with one attached hydrogen (secondary N) is 1. The Kier molecular flexibility index (Phi) is 5.67. The maximum atomic E-state index is 13.6. The van der Waals surface area contributed by atoms with E-state index in [4.69, 9.17) is 0 Å². The predicted octanol–water partition coefficient (Wildman–Crippen LogP) is 3.04. The molecule has 0 bridgehead atoms. The molecule has 0 saturated carbocycles. The van der Waals surface area contributed by atoms with Crippen molar-refractivity contribution in [2.24, 2.45) is 0 Å². The van der Waals surface area contributed by atoms with Gasteiger partial charge in [-0.3, -0.25) is 4.79 Å². The molecule has 2 atom stereocenters. The number of rotatable bonds is 7. The molecule has 0 aromatic heterocycles. The second-order valence-corrected chi connectivity index (χ2v) is 5.44. The monoisotopic (exact) mass is 301 g/mol. The van der Waals surface area contributed by atoms with E-state index in [0.29, 0.717) is 18.4 Å². The van der Waals surface area contributed by atoms with Gasteiger partial charge < -0.3 is 10.4 Å². The highest BCUT2D eigenvalue weighted by Crippen LogP contribution is 2.10. The fraction of sp³-hybridized carbons (Fsp3) is 0.278. The Bertz CT molecular complexity index is 615. The second kappa shape index (κ2) is 7.71. The van der Waals surface area contributed by atoms with Crippen molar-refractivity contribution >= 4 is 5.97 Å². The van der Waals surface area contributed by atoms with Crippen LogP contribution in [-0.2, 0) is 17.6 Å². The molecule has 2 aromatic rings. The Labute approximate surface area is 129 Å². The van der Waals surface area contributed by atoms with Gasteiger partial charge in [-0.15, -0.1) is 0 Å². The zero-order valence-corrected chi connectivity index (χ0v) is 12.5. The van der Waals surface area contributed by atoms with Crippen LogP contribution in [0.3, 0.4) is 0 Å². The molecule has 0 aliphatic heterocycles. The van der Waals surface area contributed by atoms with Crippen LogP contribution < -0.4 is 5.32 Å². The van der Waals surface area contributed by atoms with E-state index in [-0.39, 0.29) is 11.9 Å². The van der Waals surface area contributed by atoms with Gasteiger partial charge in [0.15, 0.2) is 0 Å². The average molecular weight is 301 g/mol. The van der Waals surface area contributed by atoms with Gasteiger partial charge in [-0.05, 0) is 37.0 Å². The maximum absolute atomic E-state index is 13.6. The Morgan fingerprint density at radius 2 is 1.73 bits per heavy atom. The summed E-state index contributed by atoms with van der Waals surface area (Å²) in [7, 11) is 0. The van der Waals surface area contributed by atoms with Crippen molar-refractivity contribution in [1.29, 1.82) is 0 Å². The first-order valence-electron chi connectivity index (χ1n) is 7.32. The van der Waals surface area contributed by atoms with Gasteiger partial charge in [-0.1, -0.05) is 48.5 Å². The predicted molar refractivity (Wildman–Crippen MR) is 84.3 cm³/mol. The van der Waals surface area contributed by atoms with Gasteiger partial charge >= 0.3 is 5.97 Å². The molecule has 2 N–H and O–H groups in total. The largest absolute Gasteiger partial charge is 0.480 e. The van der Waals surface area contributed by atoms with Crippen molar-refractivity contribution in [2.75, 3.05) is 0 Å². The molecule has 22 heavy (non-hydrogen) atoms. The summed E-state index contributed by atoms with van der Waals surface area (Å²) in [6.07, 6.45) is 0.850. The molecule has 0 aliphatic rings. The van der Waals surface area contributed by atoms with Crippen molar-refractivity contribution in [3.05, 3.63) is 71.5 Å². The number of carbonyl (C=O) groups is 1. The van der Waals surface area contributed by atoms with Gasteiger partial charge in [0.25, 0.3) is 0 Å². The molecular weight excluding hydrogens is 281 g/mol. The molecule has 0 amide bonds. The van der Waals surface area contributed by atoms with Crippen molar-refractivity contribution in [3.8, 4) is 0 Å². The fourth-order valence-corrected chi connectivity index (χ4v) is 2.46. The van der Waals surface area contributed by atoms with Gasteiger partial charge in [0.2, 0.25) is 0 Å². The quantitative estimate of drug-likeness (QED) is 0.826. The van der Waals surface area contributed by atoms with E-state index in [1.54, 1.807) is 18.2 Å². The van der Waals surface area contributed by atoms with Crippen molar-refractivity contribution in [3.63, 3.8) is 0 Å². The number of halogens is 1. The molecule has 2 aromatic carbocycles. The molecule has 116 valence electrons. The molecule has 3 nitrogen and oxygen atoms in total. The highest BCUT2D eigenvalue weighted by molar-refractivity contribution is 5.74. The molecule has 1 unspecified atom stereocenters. The van der Waals surface area contributed by atoms with Gasteiger partial charge in [-0.25, -0.2) is 4.39 Å². The summed E-state index contributed by atoms with van der Waals surface area (Å²) < 4.78 is 13.6. The first kappa shape index (κ1) is 16.2. The molecule has 0 saturated heterocycles. The summed E-state index contributed by atoms with van der Waals surface area (Å²) in [5, 5.41) is 12.4. The Hall–Kier alpha value is -2.20. The lowest BCUT2D eigenvalue weighted by Crippen LogP contribution is -2.44. The molecule has 0 radical (unpaired) electrons. The van der Waals surface area contributed by atoms with Crippen LogP contribution in [-0.4, -0.2) is 23.2 Å². The highest BCUT2D eigenvalue weighted by Gasteiger charge is 2.20. The van der Waals surface area contributed by atoms with Crippen molar-refractivity contribution < 1.29 is 14.3 Å². The smallest absolute Gasteiger partial charge is 0.321 e. The summed E-state index contributed by atoms with van der Waals surface area (Å²) in [5.74, 6) is -1.16. The topological polar surface area (TPSA) is 49.3 Å². The lowest BCUT2D eigenvalue weighted by molar-refractivity contribution is -0.139. The highest BCUT2D eigenvalue weighted by atomic mass is 19.1. The molecule has 4 heteroatoms. The van der Waals surface area contributed by atoms with Crippen LogP contribution in [0.5, 0.6) is 0 Å². The third-order valence-electron chi connectivity index (χ3n) is 3.55. The summed E-state index contributed by atoms with van der Waals surface area (Å²) in [5.41, 5.74) is 1.55. The van der Waals surface area contributed by atoms with E-state index in [1.165, 1.54) is 6.07 Å². The van der Waals surface area contributed by atoms with Crippen LogP contribution in [0, 0.1) is 5.82 Å². The SMILES string of the molecule is CC(Cc1ccccc1F)N[C@H](Cc1ccccc1)C(=O)O. The molecule has 0 spiro atoms. The lowest BCUT2D eigenvalue weighted by Gasteiger charge is -2.20. The van der Waals surface area contributed by atoms with E-state index in [0.717, 1.165) is 5.56 Å². The molecule has 2 rings (SSSR count). The maximum Gasteiger partial charge on any atom is 0.321 e. The number of carboxylic acids is 1. The number of hydrogen-bond acceptors (Lipinski definition) is 2. The summed E-state index contributed by atoms with van der Waals surface area (Å²) >= 11 is 0. The van der Waals surface area contributed by atoms with Crippen LogP contribution in [0.15, 0.2) is 54.6 Å². The molecule has 0 aliphatic carbocycles. The minimum absolute atomic E-state index is 0.137. The average Bonchev–Trinajstić information content (AvgIpc) is 2.50. The second-order valence-electron chi connectivity index (χ2n) is 5.44. The Morgan fingerprint density at radius 3 is 2.36 bits per heavy atom. The number of carboxylic acid groups (broad SMARTS) is 1. The standard InChI is InChI=1S/C18H20FNO2/c1-13(11-15-9-5-6-10-16(15)19)20-17(18(21)22)12-14-7-3-2-4-8-14/h2-10,13,17,20H,11-12H2,1H3,(H,21,22)/t13?,17-/m1/s1. The van der Waals surface area contributed by atoms with Crippen LogP contribution in [0.2, 0.25) is 0 Å². The summed E-state index contributed by atoms with van der Waals surface area (Å²) in [6, 6.07) is 15.2. The molecule has 0 fully saturated rings. The van der Waals surface area contributed by atoms with Gasteiger partial charge in [-0.2, -0.15) is 0 Å². The first-order chi connectivity index (χ1) is 10.6. The van der Waals surface area contributed by atoms with E-state index >= 15 is 0 Å². The number of benzene rings is 2. The Balaban J connectivity index is 1.99. The first-order valence-corrected chi connectivity index (χ1v) is 7.32. The van der Waals surface area contributed by atoms with Gasteiger partial charge in [0.05, 0.1) is 0 Å². The summed E-state index contributed by atoms with van der Waals surface area (Å²) in [6.45, 7) is 1.87. The van der Waals surface area contributed by atoms with Crippen LogP contribution in [0.4, 0.5) is 4.39 Å². The van der Waals surface area contributed by atoms with Gasteiger partial charge in [0, 0.05) is 6.04 Å². The van der Waals surface area contributed by atoms with Crippen molar-refractivity contribution in [1.82, 2.24) is 5.32 Å². The molecule has 0 heterocycles. The van der Waals surface area contributed by atoms with Gasteiger partial charge in [0.1, 0.15) is 11.9 Å². The van der Waals surface area contributed by atoms with E-state index in [1.807, 2.05) is 37.3 Å². The number of hydrogen-bond donors (Lipinski definition) is 2. The normalized spacial score (nSPS) is 13.5. The summed E-state index contributed by atoms with van der Waals surface area (Å²) in [4.78, 5) is 11.4. The zero-order chi connectivity index (χ0) is 15.9. The fourth-order valence-electron chi connectivity index (χ4n) is 2.46. The van der Waals surface area contributed by atoms with Crippen LogP contribution in [0.1, 0.15) is 18.1 Å². The van der Waals surface area contributed by atoms with E-state index in [9.17, 15) is 14.3 Å². The lowest BCUT2D eigenvalue weighted by atomic mass is 10.0. The Morgan fingerprint density at radius 1 is 1.09 bits per heavy atom. The van der Waals surface area contributed by atoms with E-state index in [2.05, 4.69) is 5.32 Å². The zero-order valence-electron chi connectivity index (χ0n) is 12.5. The van der Waals surface area contributed by atoms with Crippen LogP contribution >= 0.6 is 0 Å². The third-order valence-corrected chi connectivity index (χ3v) is 3.55. The van der Waals surface area contributed by atoms with Crippen LogP contribution in [0.25, 0.3) is 0 Å².